The molecule has 0 radical (unpaired) electrons. The van der Waals surface area contributed by atoms with E-state index in [0.717, 1.165) is 41.9 Å². The summed E-state index contributed by atoms with van der Waals surface area (Å²) in [5.74, 6) is 0.858. The molecule has 2 rings (SSSR count). The lowest BCUT2D eigenvalue weighted by atomic mass is 10.1. The zero-order valence-corrected chi connectivity index (χ0v) is 17.3. The maximum Gasteiger partial charge on any atom is 0.191 e. The topological polar surface area (TPSA) is 54.2 Å². The summed E-state index contributed by atoms with van der Waals surface area (Å²) in [5.41, 5.74) is 3.64. The summed E-state index contributed by atoms with van der Waals surface area (Å²) < 4.78 is 2.78. The molecule has 25 heavy (non-hydrogen) atoms. The third-order valence-corrected chi connectivity index (χ3v) is 5.44. The molecule has 0 amide bonds. The number of aryl methyl sites for hydroxylation is 2. The normalized spacial score (nSPS) is 13.1. The van der Waals surface area contributed by atoms with Crippen molar-refractivity contribution in [3.05, 3.63) is 38.3 Å². The van der Waals surface area contributed by atoms with E-state index >= 15 is 0 Å². The molecule has 0 spiro atoms. The lowest BCUT2D eigenvalue weighted by Crippen LogP contribution is -2.43. The van der Waals surface area contributed by atoms with Gasteiger partial charge >= 0.3 is 0 Å². The fraction of sp³-hybridized carbons (Fsp3) is 0.556. The van der Waals surface area contributed by atoms with Crippen LogP contribution in [-0.4, -0.2) is 34.9 Å². The van der Waals surface area contributed by atoms with Crippen LogP contribution in [-0.2, 0) is 19.9 Å². The van der Waals surface area contributed by atoms with Crippen LogP contribution in [0.15, 0.2) is 17.1 Å². The Labute approximate surface area is 159 Å². The number of rotatable bonds is 7. The van der Waals surface area contributed by atoms with Gasteiger partial charge in [0.25, 0.3) is 0 Å². The van der Waals surface area contributed by atoms with Crippen molar-refractivity contribution in [3.63, 3.8) is 0 Å². The second-order valence-electron chi connectivity index (χ2n) is 6.24. The van der Waals surface area contributed by atoms with Crippen molar-refractivity contribution >= 4 is 28.9 Å². The van der Waals surface area contributed by atoms with E-state index in [4.69, 9.17) is 11.6 Å². The van der Waals surface area contributed by atoms with Crippen molar-refractivity contribution in [2.45, 2.75) is 46.6 Å². The standard InChI is InChI=1S/C18H28ClN5S/c1-6-20-18(21-10-9-15-7-8-17(19)25-15)22-12(2)11-16-13(3)23-24(5)14(16)4/h7-8,12H,6,9-11H2,1-5H3,(H2,20,21,22). The smallest absolute Gasteiger partial charge is 0.191 e. The maximum atomic E-state index is 5.98. The summed E-state index contributed by atoms with van der Waals surface area (Å²) >= 11 is 7.60. The SMILES string of the molecule is CCNC(=NCCc1ccc(Cl)s1)NC(C)Cc1c(C)nn(C)c1C. The van der Waals surface area contributed by atoms with Gasteiger partial charge in [-0.3, -0.25) is 9.67 Å². The van der Waals surface area contributed by atoms with E-state index in [2.05, 4.69) is 54.5 Å². The molecule has 138 valence electrons. The molecule has 0 saturated carbocycles. The Balaban J connectivity index is 1.93. The molecule has 5 nitrogen and oxygen atoms in total. The molecule has 0 aliphatic heterocycles. The van der Waals surface area contributed by atoms with E-state index in [1.165, 1.54) is 16.1 Å². The predicted octanol–water partition coefficient (Wildman–Crippen LogP) is 3.48. The maximum absolute atomic E-state index is 5.98. The molecule has 0 aromatic carbocycles. The predicted molar refractivity (Wildman–Crippen MR) is 108 cm³/mol. The van der Waals surface area contributed by atoms with Crippen molar-refractivity contribution < 1.29 is 0 Å². The van der Waals surface area contributed by atoms with Crippen LogP contribution in [0, 0.1) is 13.8 Å². The zero-order valence-electron chi connectivity index (χ0n) is 15.7. The van der Waals surface area contributed by atoms with Gasteiger partial charge in [0, 0.05) is 43.2 Å². The number of nitrogens with zero attached hydrogens (tertiary/aromatic N) is 3. The summed E-state index contributed by atoms with van der Waals surface area (Å²) in [7, 11) is 1.99. The van der Waals surface area contributed by atoms with Crippen molar-refractivity contribution in [2.75, 3.05) is 13.1 Å². The third-order valence-electron chi connectivity index (χ3n) is 4.15. The van der Waals surface area contributed by atoms with Crippen LogP contribution in [0.3, 0.4) is 0 Å². The Bertz CT molecular complexity index is 719. The van der Waals surface area contributed by atoms with Crippen LogP contribution in [0.5, 0.6) is 0 Å². The van der Waals surface area contributed by atoms with Crippen molar-refractivity contribution in [1.82, 2.24) is 20.4 Å². The van der Waals surface area contributed by atoms with Gasteiger partial charge in [-0.15, -0.1) is 11.3 Å². The van der Waals surface area contributed by atoms with Crippen molar-refractivity contribution in [3.8, 4) is 0 Å². The van der Waals surface area contributed by atoms with Crippen LogP contribution in [0.1, 0.15) is 35.7 Å². The van der Waals surface area contributed by atoms with Gasteiger partial charge in [0.15, 0.2) is 5.96 Å². The fourth-order valence-electron chi connectivity index (χ4n) is 2.79. The Morgan fingerprint density at radius 3 is 2.72 bits per heavy atom. The minimum absolute atomic E-state index is 0.274. The highest BCUT2D eigenvalue weighted by Gasteiger charge is 2.14. The number of hydrogen-bond donors (Lipinski definition) is 2. The molecule has 2 aromatic rings. The fourth-order valence-corrected chi connectivity index (χ4v) is 3.86. The summed E-state index contributed by atoms with van der Waals surface area (Å²) in [4.78, 5) is 5.95. The summed E-state index contributed by atoms with van der Waals surface area (Å²) in [6, 6.07) is 4.28. The third kappa shape index (κ3) is 5.75. The molecule has 0 fully saturated rings. The molecule has 0 bridgehead atoms. The number of aliphatic imine (C=N–C) groups is 1. The monoisotopic (exact) mass is 381 g/mol. The summed E-state index contributed by atoms with van der Waals surface area (Å²) in [6.45, 7) is 10.0. The Hall–Kier alpha value is -1.53. The number of guanidine groups is 1. The second kappa shape index (κ2) is 9.25. The van der Waals surface area contributed by atoms with Crippen molar-refractivity contribution in [2.24, 2.45) is 12.0 Å². The molecule has 2 aromatic heterocycles. The largest absolute Gasteiger partial charge is 0.357 e. The number of hydrogen-bond acceptors (Lipinski definition) is 3. The average molecular weight is 382 g/mol. The Morgan fingerprint density at radius 1 is 1.40 bits per heavy atom. The average Bonchev–Trinajstić information content (AvgIpc) is 3.06. The molecule has 0 saturated heterocycles. The first-order valence-corrected chi connectivity index (χ1v) is 9.88. The first-order valence-electron chi connectivity index (χ1n) is 8.68. The molecule has 2 heterocycles. The van der Waals surface area contributed by atoms with Gasteiger partial charge in [0.1, 0.15) is 0 Å². The lowest BCUT2D eigenvalue weighted by molar-refractivity contribution is 0.636. The van der Waals surface area contributed by atoms with Gasteiger partial charge in [-0.2, -0.15) is 5.10 Å². The van der Waals surface area contributed by atoms with E-state index < -0.39 is 0 Å². The van der Waals surface area contributed by atoms with Crippen LogP contribution < -0.4 is 10.6 Å². The van der Waals surface area contributed by atoms with Crippen molar-refractivity contribution in [1.29, 1.82) is 0 Å². The molecule has 0 aliphatic rings. The lowest BCUT2D eigenvalue weighted by Gasteiger charge is -2.18. The van der Waals surface area contributed by atoms with E-state index in [9.17, 15) is 0 Å². The minimum Gasteiger partial charge on any atom is -0.357 e. The van der Waals surface area contributed by atoms with Gasteiger partial charge < -0.3 is 10.6 Å². The molecule has 1 atom stereocenters. The van der Waals surface area contributed by atoms with Crippen LogP contribution in [0.2, 0.25) is 4.34 Å². The van der Waals surface area contributed by atoms with Gasteiger partial charge in [0.2, 0.25) is 0 Å². The van der Waals surface area contributed by atoms with Crippen LogP contribution >= 0.6 is 22.9 Å². The highest BCUT2D eigenvalue weighted by molar-refractivity contribution is 7.16. The van der Waals surface area contributed by atoms with E-state index in [1.54, 1.807) is 11.3 Å². The Morgan fingerprint density at radius 2 is 2.16 bits per heavy atom. The van der Waals surface area contributed by atoms with E-state index in [0.29, 0.717) is 0 Å². The quantitative estimate of drug-likeness (QED) is 0.570. The Kier molecular flexibility index (Phi) is 7.32. The zero-order chi connectivity index (χ0) is 18.4. The summed E-state index contributed by atoms with van der Waals surface area (Å²) in [6.07, 6.45) is 1.83. The van der Waals surface area contributed by atoms with Crippen LogP contribution in [0.25, 0.3) is 0 Å². The van der Waals surface area contributed by atoms with Gasteiger partial charge in [0.05, 0.1) is 10.0 Å². The molecular formula is C18H28ClN5S. The first kappa shape index (κ1) is 19.8. The molecule has 7 heteroatoms. The molecule has 0 aliphatic carbocycles. The van der Waals surface area contributed by atoms with Gasteiger partial charge in [-0.1, -0.05) is 11.6 Å². The highest BCUT2D eigenvalue weighted by Crippen LogP contribution is 2.21. The van der Waals surface area contributed by atoms with Gasteiger partial charge in [-0.25, -0.2) is 0 Å². The van der Waals surface area contributed by atoms with E-state index in [1.807, 2.05) is 17.8 Å². The number of aromatic nitrogens is 2. The highest BCUT2D eigenvalue weighted by atomic mass is 35.5. The molecular weight excluding hydrogens is 354 g/mol. The van der Waals surface area contributed by atoms with E-state index in [-0.39, 0.29) is 6.04 Å². The first-order chi connectivity index (χ1) is 11.9. The van der Waals surface area contributed by atoms with Gasteiger partial charge in [-0.05, 0) is 51.8 Å². The summed E-state index contributed by atoms with van der Waals surface area (Å²) in [5, 5.41) is 11.3. The molecule has 1 unspecified atom stereocenters. The van der Waals surface area contributed by atoms with Crippen LogP contribution in [0.4, 0.5) is 0 Å². The second-order valence-corrected chi connectivity index (χ2v) is 8.04. The molecule has 2 N–H and O–H groups in total. The number of nitrogens with one attached hydrogen (secondary N) is 2. The minimum atomic E-state index is 0.274. The number of halogens is 1. The number of thiophene rings is 1.